The Morgan fingerprint density at radius 2 is 2.15 bits per heavy atom. The standard InChI is InChI=1S/C22H26BrClN8O2/c23-16-5-13(24)6-17(15(16)7-32-12-29-19-20(25)27-11-28-21(19)32)31-4-3-22(26,9-31)10-34-8-18(33)30-14-1-2-14/h5-6,11-12,14H,1-4,7-10,26H2,(H,30,33)(H2,25,27,28)/t22-/m1/s1. The van der Waals surface area contributed by atoms with Crippen molar-refractivity contribution in [3.05, 3.63) is 39.8 Å². The van der Waals surface area contributed by atoms with E-state index in [0.717, 1.165) is 41.5 Å². The van der Waals surface area contributed by atoms with Gasteiger partial charge in [0.2, 0.25) is 5.91 Å². The molecule has 12 heteroatoms. The second-order valence-electron chi connectivity index (χ2n) is 9.06. The van der Waals surface area contributed by atoms with Crippen molar-refractivity contribution in [1.82, 2.24) is 24.8 Å². The summed E-state index contributed by atoms with van der Waals surface area (Å²) >= 11 is 10.1. The molecule has 2 aliphatic rings. The molecule has 1 saturated heterocycles. The first-order valence-corrected chi connectivity index (χ1v) is 12.3. The van der Waals surface area contributed by atoms with Crippen LogP contribution in [0.3, 0.4) is 0 Å². The molecule has 1 aliphatic carbocycles. The highest BCUT2D eigenvalue weighted by molar-refractivity contribution is 9.10. The van der Waals surface area contributed by atoms with Gasteiger partial charge in [0, 0.05) is 39.9 Å². The van der Waals surface area contributed by atoms with Gasteiger partial charge in [-0.25, -0.2) is 15.0 Å². The Hall–Kier alpha value is -2.47. The number of hydrogen-bond donors (Lipinski definition) is 3. The summed E-state index contributed by atoms with van der Waals surface area (Å²) in [5.74, 6) is 0.261. The van der Waals surface area contributed by atoms with Gasteiger partial charge in [-0.3, -0.25) is 4.79 Å². The highest BCUT2D eigenvalue weighted by Gasteiger charge is 2.36. The molecule has 1 atom stereocenters. The lowest BCUT2D eigenvalue weighted by Gasteiger charge is -2.27. The molecule has 3 heterocycles. The quantitative estimate of drug-likeness (QED) is 0.388. The van der Waals surface area contributed by atoms with Crippen LogP contribution in [0.1, 0.15) is 24.8 Å². The number of rotatable bonds is 8. The maximum absolute atomic E-state index is 11.9. The molecular weight excluding hydrogens is 524 g/mol. The average molecular weight is 550 g/mol. The molecule has 2 aromatic heterocycles. The summed E-state index contributed by atoms with van der Waals surface area (Å²) in [6.07, 6.45) is 5.97. The molecule has 34 heavy (non-hydrogen) atoms. The average Bonchev–Trinajstić information content (AvgIpc) is 3.36. The van der Waals surface area contributed by atoms with Gasteiger partial charge in [-0.05, 0) is 31.4 Å². The van der Waals surface area contributed by atoms with Crippen LogP contribution in [0.2, 0.25) is 5.02 Å². The number of nitrogens with one attached hydrogen (secondary N) is 1. The molecule has 1 aromatic carbocycles. The zero-order chi connectivity index (χ0) is 23.9. The fraction of sp³-hybridized carbons (Fsp3) is 0.455. The highest BCUT2D eigenvalue weighted by atomic mass is 79.9. The van der Waals surface area contributed by atoms with E-state index in [4.69, 9.17) is 27.8 Å². The number of imidazole rings is 1. The minimum Gasteiger partial charge on any atom is -0.382 e. The third-order valence-corrected chi connectivity index (χ3v) is 7.11. The molecular formula is C22H26BrClN8O2. The first-order valence-electron chi connectivity index (χ1n) is 11.1. The van der Waals surface area contributed by atoms with E-state index in [0.29, 0.717) is 47.7 Å². The number of benzene rings is 1. The van der Waals surface area contributed by atoms with Gasteiger partial charge >= 0.3 is 0 Å². The molecule has 1 saturated carbocycles. The van der Waals surface area contributed by atoms with Crippen LogP contribution in [0, 0.1) is 0 Å². The van der Waals surface area contributed by atoms with Gasteiger partial charge in [0.05, 0.1) is 25.0 Å². The number of amides is 1. The Morgan fingerprint density at radius 3 is 2.94 bits per heavy atom. The van der Waals surface area contributed by atoms with Gasteiger partial charge in [-0.2, -0.15) is 0 Å². The number of aromatic nitrogens is 4. The number of ether oxygens (including phenoxy) is 1. The van der Waals surface area contributed by atoms with Gasteiger partial charge in [-0.15, -0.1) is 0 Å². The Bertz CT molecular complexity index is 1230. The van der Waals surface area contributed by atoms with E-state index in [2.05, 4.69) is 41.1 Å². The zero-order valence-electron chi connectivity index (χ0n) is 18.5. The summed E-state index contributed by atoms with van der Waals surface area (Å²) in [6, 6.07) is 4.14. The summed E-state index contributed by atoms with van der Waals surface area (Å²) in [5, 5.41) is 3.54. The number of nitrogens with two attached hydrogens (primary N) is 2. The fourth-order valence-electron chi connectivity index (χ4n) is 4.28. The first-order chi connectivity index (χ1) is 16.3. The minimum absolute atomic E-state index is 0.0299. The lowest BCUT2D eigenvalue weighted by molar-refractivity contribution is -0.126. The van der Waals surface area contributed by atoms with Crippen molar-refractivity contribution in [2.24, 2.45) is 5.73 Å². The van der Waals surface area contributed by atoms with Crippen molar-refractivity contribution in [3.8, 4) is 0 Å². The maximum atomic E-state index is 11.9. The van der Waals surface area contributed by atoms with Crippen LogP contribution in [0.15, 0.2) is 29.3 Å². The highest BCUT2D eigenvalue weighted by Crippen LogP contribution is 2.36. The van der Waals surface area contributed by atoms with Crippen LogP contribution in [0.25, 0.3) is 11.2 Å². The van der Waals surface area contributed by atoms with E-state index in [1.165, 1.54) is 6.33 Å². The van der Waals surface area contributed by atoms with Crippen molar-refractivity contribution in [2.75, 3.05) is 36.9 Å². The summed E-state index contributed by atoms with van der Waals surface area (Å²) in [5.41, 5.74) is 15.3. The van der Waals surface area contributed by atoms with Crippen LogP contribution >= 0.6 is 27.5 Å². The van der Waals surface area contributed by atoms with E-state index in [1.807, 2.05) is 16.7 Å². The summed E-state index contributed by atoms with van der Waals surface area (Å²) < 4.78 is 8.49. The number of fused-ring (bicyclic) bond motifs is 1. The molecule has 5 N–H and O–H groups in total. The molecule has 1 amide bonds. The van der Waals surface area contributed by atoms with Crippen LogP contribution in [0.5, 0.6) is 0 Å². The number of nitrogens with zero attached hydrogens (tertiary/aromatic N) is 5. The van der Waals surface area contributed by atoms with Crippen molar-refractivity contribution in [3.63, 3.8) is 0 Å². The monoisotopic (exact) mass is 548 g/mol. The van der Waals surface area contributed by atoms with Crippen LogP contribution < -0.4 is 21.7 Å². The smallest absolute Gasteiger partial charge is 0.246 e. The lowest BCUT2D eigenvalue weighted by atomic mass is 10.0. The molecule has 0 unspecified atom stereocenters. The van der Waals surface area contributed by atoms with Gasteiger partial charge in [0.1, 0.15) is 18.5 Å². The Labute approximate surface area is 210 Å². The second kappa shape index (κ2) is 9.29. The fourth-order valence-corrected chi connectivity index (χ4v) is 5.20. The number of anilines is 2. The molecule has 0 spiro atoms. The van der Waals surface area contributed by atoms with Crippen LogP contribution in [-0.4, -0.2) is 63.3 Å². The number of hydrogen-bond acceptors (Lipinski definition) is 8. The zero-order valence-corrected chi connectivity index (χ0v) is 20.8. The maximum Gasteiger partial charge on any atom is 0.246 e. The molecule has 5 rings (SSSR count). The van der Waals surface area contributed by atoms with E-state index >= 15 is 0 Å². The summed E-state index contributed by atoms with van der Waals surface area (Å²) in [6.45, 7) is 2.17. The minimum atomic E-state index is -0.560. The van der Waals surface area contributed by atoms with Crippen molar-refractivity contribution < 1.29 is 9.53 Å². The molecule has 10 nitrogen and oxygen atoms in total. The van der Waals surface area contributed by atoms with Crippen molar-refractivity contribution in [2.45, 2.75) is 37.4 Å². The largest absolute Gasteiger partial charge is 0.382 e. The lowest BCUT2D eigenvalue weighted by Crippen LogP contribution is -2.47. The van der Waals surface area contributed by atoms with E-state index < -0.39 is 5.54 Å². The van der Waals surface area contributed by atoms with Gasteiger partial charge in [0.25, 0.3) is 0 Å². The SMILES string of the molecule is Nc1ncnc2c1ncn2Cc1c(Br)cc(Cl)cc1N1CC[C@](N)(COCC(=O)NC2CC2)C1. The normalized spacial score (nSPS) is 20.3. The van der Waals surface area contributed by atoms with E-state index in [9.17, 15) is 4.79 Å². The third kappa shape index (κ3) is 4.97. The van der Waals surface area contributed by atoms with E-state index in [1.54, 1.807) is 6.33 Å². The molecule has 0 bridgehead atoms. The first kappa shape index (κ1) is 23.3. The molecule has 180 valence electrons. The van der Waals surface area contributed by atoms with Crippen LogP contribution in [-0.2, 0) is 16.1 Å². The van der Waals surface area contributed by atoms with Crippen LogP contribution in [0.4, 0.5) is 11.5 Å². The number of halogens is 2. The van der Waals surface area contributed by atoms with Gasteiger partial charge < -0.3 is 31.0 Å². The Balaban J connectivity index is 1.32. The third-order valence-electron chi connectivity index (χ3n) is 6.19. The molecule has 2 fully saturated rings. The number of carbonyl (C=O) groups excluding carboxylic acids is 1. The number of carbonyl (C=O) groups is 1. The predicted octanol–water partition coefficient (Wildman–Crippen LogP) is 2.08. The van der Waals surface area contributed by atoms with E-state index in [-0.39, 0.29) is 12.5 Å². The van der Waals surface area contributed by atoms with Crippen molar-refractivity contribution >= 4 is 56.1 Å². The molecule has 1 aliphatic heterocycles. The number of nitrogen functional groups attached to an aromatic ring is 1. The molecule has 3 aromatic rings. The Kier molecular flexibility index (Phi) is 6.36. The van der Waals surface area contributed by atoms with Crippen molar-refractivity contribution in [1.29, 1.82) is 0 Å². The summed E-state index contributed by atoms with van der Waals surface area (Å²) in [4.78, 5) is 26.9. The predicted molar refractivity (Wildman–Crippen MR) is 134 cm³/mol. The van der Waals surface area contributed by atoms with Gasteiger partial charge in [0.15, 0.2) is 11.5 Å². The second-order valence-corrected chi connectivity index (χ2v) is 10.3. The summed E-state index contributed by atoms with van der Waals surface area (Å²) in [7, 11) is 0. The van der Waals surface area contributed by atoms with Gasteiger partial charge in [-0.1, -0.05) is 27.5 Å². The molecule has 0 radical (unpaired) electrons. The topological polar surface area (TPSA) is 137 Å². The Morgan fingerprint density at radius 1 is 1.32 bits per heavy atom.